The lowest BCUT2D eigenvalue weighted by atomic mass is 10.1. The lowest BCUT2D eigenvalue weighted by molar-refractivity contribution is 0.237. The Labute approximate surface area is 175 Å². The number of carbonyl (C=O) groups is 1. The third-order valence-electron chi connectivity index (χ3n) is 4.41. The number of hydrogen-bond donors (Lipinski definition) is 2. The van der Waals surface area contributed by atoms with Crippen molar-refractivity contribution < 1.29 is 13.2 Å². The Morgan fingerprint density at radius 2 is 1.75 bits per heavy atom. The summed E-state index contributed by atoms with van der Waals surface area (Å²) in [4.78, 5) is 12.4. The summed E-state index contributed by atoms with van der Waals surface area (Å²) >= 11 is 3.40. The summed E-state index contributed by atoms with van der Waals surface area (Å²) in [7, 11) is -3.48. The number of hydrogen-bond acceptors (Lipinski definition) is 3. The zero-order valence-electron chi connectivity index (χ0n) is 16.3. The van der Waals surface area contributed by atoms with Crippen molar-refractivity contribution in [1.29, 1.82) is 0 Å². The van der Waals surface area contributed by atoms with E-state index in [2.05, 4.69) is 26.6 Å². The summed E-state index contributed by atoms with van der Waals surface area (Å²) in [5.41, 5.74) is 1.82. The smallest absolute Gasteiger partial charge is 0.315 e. The van der Waals surface area contributed by atoms with Crippen molar-refractivity contribution in [3.05, 3.63) is 64.1 Å². The van der Waals surface area contributed by atoms with Gasteiger partial charge in [-0.05, 0) is 42.3 Å². The molecule has 0 aliphatic carbocycles. The van der Waals surface area contributed by atoms with Crippen LogP contribution in [0, 0.1) is 0 Å². The van der Waals surface area contributed by atoms with Gasteiger partial charge in [-0.15, -0.1) is 0 Å². The van der Waals surface area contributed by atoms with Crippen LogP contribution < -0.4 is 10.6 Å². The molecule has 0 bridgehead atoms. The zero-order valence-corrected chi connectivity index (χ0v) is 18.7. The van der Waals surface area contributed by atoms with Gasteiger partial charge in [0.15, 0.2) is 0 Å². The zero-order chi connectivity index (χ0) is 20.7. The molecule has 0 aliphatic heterocycles. The Kier molecular flexibility index (Phi) is 8.03. The number of benzene rings is 2. The maximum absolute atomic E-state index is 12.5. The number of nitrogens with zero attached hydrogens (tertiary/aromatic N) is 1. The van der Waals surface area contributed by atoms with Crippen LogP contribution in [0.1, 0.15) is 37.9 Å². The molecule has 1 atom stereocenters. The van der Waals surface area contributed by atoms with Crippen molar-refractivity contribution in [1.82, 2.24) is 14.9 Å². The molecule has 0 radical (unpaired) electrons. The van der Waals surface area contributed by atoms with Crippen LogP contribution in [-0.2, 0) is 16.6 Å². The number of carbonyl (C=O) groups excluding carboxylic acids is 1. The summed E-state index contributed by atoms with van der Waals surface area (Å²) in [5.74, 6) is 0. The molecule has 1 unspecified atom stereocenters. The minimum atomic E-state index is -3.48. The third-order valence-corrected chi connectivity index (χ3v) is 6.97. The highest BCUT2D eigenvalue weighted by Gasteiger charge is 2.21. The van der Waals surface area contributed by atoms with E-state index in [0.29, 0.717) is 19.6 Å². The van der Waals surface area contributed by atoms with Gasteiger partial charge in [0.1, 0.15) is 0 Å². The highest BCUT2D eigenvalue weighted by Crippen LogP contribution is 2.19. The molecule has 0 aliphatic rings. The van der Waals surface area contributed by atoms with E-state index in [9.17, 15) is 13.2 Å². The Morgan fingerprint density at radius 3 is 2.32 bits per heavy atom. The van der Waals surface area contributed by atoms with Gasteiger partial charge < -0.3 is 10.6 Å². The standard InChI is InChI=1S/C20H26BrN3O3S/c1-4-24(5-2)28(26,27)19-11-9-17(10-12-19)15(3)23-20(25)22-14-16-7-6-8-18(21)13-16/h6-13,15H,4-5,14H2,1-3H3,(H2,22,23,25). The number of rotatable bonds is 8. The number of sulfonamides is 1. The van der Waals surface area contributed by atoms with Gasteiger partial charge in [-0.2, -0.15) is 4.31 Å². The van der Waals surface area contributed by atoms with Crippen molar-refractivity contribution in [3.8, 4) is 0 Å². The minimum absolute atomic E-state index is 0.256. The second kappa shape index (κ2) is 10.0. The number of amides is 2. The summed E-state index contributed by atoms with van der Waals surface area (Å²) in [5, 5.41) is 5.68. The van der Waals surface area contributed by atoms with Crippen molar-refractivity contribution in [2.45, 2.75) is 38.3 Å². The summed E-state index contributed by atoms with van der Waals surface area (Å²) < 4.78 is 27.5. The predicted molar refractivity (Wildman–Crippen MR) is 114 cm³/mol. The van der Waals surface area contributed by atoms with Gasteiger partial charge in [0.25, 0.3) is 0 Å². The molecule has 0 spiro atoms. The van der Waals surface area contributed by atoms with Crippen LogP contribution >= 0.6 is 15.9 Å². The van der Waals surface area contributed by atoms with E-state index in [4.69, 9.17) is 0 Å². The van der Waals surface area contributed by atoms with Crippen LogP contribution in [0.5, 0.6) is 0 Å². The van der Waals surface area contributed by atoms with Gasteiger partial charge in [0, 0.05) is 24.1 Å². The van der Waals surface area contributed by atoms with Crippen LogP contribution in [0.25, 0.3) is 0 Å². The molecule has 0 fully saturated rings. The van der Waals surface area contributed by atoms with Crippen molar-refractivity contribution >= 4 is 32.0 Å². The topological polar surface area (TPSA) is 78.5 Å². The van der Waals surface area contributed by atoms with E-state index in [-0.39, 0.29) is 17.0 Å². The SMILES string of the molecule is CCN(CC)S(=O)(=O)c1ccc(C(C)NC(=O)NCc2cccc(Br)c2)cc1. The Balaban J connectivity index is 1.97. The largest absolute Gasteiger partial charge is 0.334 e. The van der Waals surface area contributed by atoms with Gasteiger partial charge in [-0.1, -0.05) is 54.0 Å². The number of urea groups is 1. The van der Waals surface area contributed by atoms with E-state index >= 15 is 0 Å². The highest BCUT2D eigenvalue weighted by atomic mass is 79.9. The maximum atomic E-state index is 12.5. The molecular formula is C20H26BrN3O3S. The summed E-state index contributed by atoms with van der Waals surface area (Å²) in [6.45, 7) is 6.75. The molecule has 28 heavy (non-hydrogen) atoms. The molecule has 2 rings (SSSR count). The third kappa shape index (κ3) is 5.80. The molecular weight excluding hydrogens is 442 g/mol. The molecule has 0 saturated carbocycles. The quantitative estimate of drug-likeness (QED) is 0.614. The fourth-order valence-electron chi connectivity index (χ4n) is 2.80. The molecule has 0 aromatic heterocycles. The van der Waals surface area contributed by atoms with E-state index in [1.807, 2.05) is 45.0 Å². The van der Waals surface area contributed by atoms with E-state index in [1.54, 1.807) is 24.3 Å². The monoisotopic (exact) mass is 467 g/mol. The van der Waals surface area contributed by atoms with E-state index in [1.165, 1.54) is 4.31 Å². The van der Waals surface area contributed by atoms with Crippen molar-refractivity contribution in [2.24, 2.45) is 0 Å². The molecule has 2 N–H and O–H groups in total. The first kappa shape index (κ1) is 22.4. The van der Waals surface area contributed by atoms with E-state index in [0.717, 1.165) is 15.6 Å². The molecule has 0 saturated heterocycles. The molecule has 2 aromatic carbocycles. The number of halogens is 1. The lowest BCUT2D eigenvalue weighted by Gasteiger charge is -2.19. The fraction of sp³-hybridized carbons (Fsp3) is 0.350. The van der Waals surface area contributed by atoms with Crippen LogP contribution in [0.15, 0.2) is 57.9 Å². The van der Waals surface area contributed by atoms with Crippen LogP contribution in [0.3, 0.4) is 0 Å². The fourth-order valence-corrected chi connectivity index (χ4v) is 4.71. The lowest BCUT2D eigenvalue weighted by Crippen LogP contribution is -2.36. The Bertz CT molecular complexity index is 897. The average molecular weight is 468 g/mol. The van der Waals surface area contributed by atoms with E-state index < -0.39 is 10.0 Å². The van der Waals surface area contributed by atoms with Gasteiger partial charge >= 0.3 is 6.03 Å². The first-order valence-corrected chi connectivity index (χ1v) is 11.4. The highest BCUT2D eigenvalue weighted by molar-refractivity contribution is 9.10. The van der Waals surface area contributed by atoms with Crippen LogP contribution in [-0.4, -0.2) is 31.8 Å². The minimum Gasteiger partial charge on any atom is -0.334 e. The normalized spacial score (nSPS) is 12.6. The summed E-state index contributed by atoms with van der Waals surface area (Å²) in [6.07, 6.45) is 0. The molecule has 0 heterocycles. The number of nitrogens with one attached hydrogen (secondary N) is 2. The molecule has 2 aromatic rings. The van der Waals surface area contributed by atoms with Crippen molar-refractivity contribution in [3.63, 3.8) is 0 Å². The second-order valence-electron chi connectivity index (χ2n) is 6.34. The molecule has 6 nitrogen and oxygen atoms in total. The summed E-state index contributed by atoms with van der Waals surface area (Å²) in [6, 6.07) is 13.8. The van der Waals surface area contributed by atoms with Gasteiger partial charge in [0.2, 0.25) is 10.0 Å². The Morgan fingerprint density at radius 1 is 1.11 bits per heavy atom. The molecule has 2 amide bonds. The predicted octanol–water partition coefficient (Wildman–Crippen LogP) is 4.04. The first-order valence-electron chi connectivity index (χ1n) is 9.16. The average Bonchev–Trinajstić information content (AvgIpc) is 2.67. The van der Waals surface area contributed by atoms with Gasteiger partial charge in [-0.3, -0.25) is 0 Å². The van der Waals surface area contributed by atoms with Gasteiger partial charge in [-0.25, -0.2) is 13.2 Å². The first-order chi connectivity index (χ1) is 13.3. The molecule has 152 valence electrons. The van der Waals surface area contributed by atoms with Crippen LogP contribution in [0.2, 0.25) is 0 Å². The van der Waals surface area contributed by atoms with Gasteiger partial charge in [0.05, 0.1) is 10.9 Å². The second-order valence-corrected chi connectivity index (χ2v) is 9.19. The van der Waals surface area contributed by atoms with Crippen LogP contribution in [0.4, 0.5) is 4.79 Å². The Hall–Kier alpha value is -1.90. The van der Waals surface area contributed by atoms with Crippen molar-refractivity contribution in [2.75, 3.05) is 13.1 Å². The molecule has 8 heteroatoms. The maximum Gasteiger partial charge on any atom is 0.315 e.